The Kier molecular flexibility index (Phi) is 4.84. The summed E-state index contributed by atoms with van der Waals surface area (Å²) in [7, 11) is 0. The highest BCUT2D eigenvalue weighted by molar-refractivity contribution is 5.37. The van der Waals surface area contributed by atoms with Gasteiger partial charge in [-0.1, -0.05) is 47.5 Å². The number of nitrogens with zero attached hydrogens (tertiary/aromatic N) is 2. The van der Waals surface area contributed by atoms with Crippen LogP contribution in [0.25, 0.3) is 0 Å². The summed E-state index contributed by atoms with van der Waals surface area (Å²) in [5, 5.41) is 0. The lowest BCUT2D eigenvalue weighted by molar-refractivity contribution is 0.313. The lowest BCUT2D eigenvalue weighted by Gasteiger charge is -2.19. The molecule has 1 aliphatic heterocycles. The third kappa shape index (κ3) is 4.01. The van der Waals surface area contributed by atoms with Crippen molar-refractivity contribution < 1.29 is 0 Å². The minimum atomic E-state index is 0.947. The minimum Gasteiger partial charge on any atom is -0.274 e. The molecular weight excluding hydrogens is 280 g/mol. The minimum absolute atomic E-state index is 0.947. The second kappa shape index (κ2) is 6.86. The van der Waals surface area contributed by atoms with Crippen LogP contribution in [0.3, 0.4) is 0 Å². The maximum absolute atomic E-state index is 3.54. The summed E-state index contributed by atoms with van der Waals surface area (Å²) in [5.74, 6) is 0. The van der Waals surface area contributed by atoms with Gasteiger partial charge in [0, 0.05) is 26.2 Å². The molecule has 0 aliphatic carbocycles. The normalized spacial score (nSPS) is 16.2. The molecule has 0 saturated carbocycles. The largest absolute Gasteiger partial charge is 0.274 e. The number of rotatable bonds is 4. The SMILES string of the molecule is Cc1ccc(CN2[C]N(Cc3c(C)cc(C)cc3C)CC2)cc1. The van der Waals surface area contributed by atoms with Gasteiger partial charge in [0.25, 0.3) is 0 Å². The zero-order chi connectivity index (χ0) is 16.4. The number of hydrogen-bond donors (Lipinski definition) is 0. The first-order valence-corrected chi connectivity index (χ1v) is 8.40. The van der Waals surface area contributed by atoms with Crippen LogP contribution in [0.4, 0.5) is 0 Å². The third-order valence-electron chi connectivity index (χ3n) is 4.61. The number of hydrogen-bond acceptors (Lipinski definition) is 2. The average Bonchev–Trinajstić information content (AvgIpc) is 2.93. The maximum atomic E-state index is 3.54. The Morgan fingerprint density at radius 2 is 1.35 bits per heavy atom. The van der Waals surface area contributed by atoms with E-state index in [0.29, 0.717) is 0 Å². The molecule has 0 amide bonds. The summed E-state index contributed by atoms with van der Waals surface area (Å²) in [4.78, 5) is 4.61. The van der Waals surface area contributed by atoms with E-state index in [4.69, 9.17) is 0 Å². The second-order valence-corrected chi connectivity index (χ2v) is 6.81. The second-order valence-electron chi connectivity index (χ2n) is 6.81. The van der Waals surface area contributed by atoms with Crippen LogP contribution in [0.15, 0.2) is 36.4 Å². The molecule has 0 atom stereocenters. The molecule has 2 aromatic rings. The van der Waals surface area contributed by atoms with Gasteiger partial charge in [-0.3, -0.25) is 9.80 Å². The molecular formula is C21H26N2. The Morgan fingerprint density at radius 1 is 0.783 bits per heavy atom. The van der Waals surface area contributed by atoms with Crippen molar-refractivity contribution in [2.75, 3.05) is 13.1 Å². The zero-order valence-electron chi connectivity index (χ0n) is 14.7. The quantitative estimate of drug-likeness (QED) is 0.834. The molecule has 0 unspecified atom stereocenters. The molecule has 2 radical (unpaired) electrons. The summed E-state index contributed by atoms with van der Waals surface area (Å²) >= 11 is 0. The van der Waals surface area contributed by atoms with Crippen LogP contribution >= 0.6 is 0 Å². The van der Waals surface area contributed by atoms with E-state index in [1.54, 1.807) is 0 Å². The van der Waals surface area contributed by atoms with Gasteiger partial charge in [-0.15, -0.1) is 0 Å². The van der Waals surface area contributed by atoms with Gasteiger partial charge in [0.1, 0.15) is 6.67 Å². The van der Waals surface area contributed by atoms with Crippen molar-refractivity contribution in [3.8, 4) is 0 Å². The molecule has 23 heavy (non-hydrogen) atoms. The van der Waals surface area contributed by atoms with E-state index in [1.165, 1.54) is 33.4 Å². The summed E-state index contributed by atoms with van der Waals surface area (Å²) in [6, 6.07) is 13.4. The van der Waals surface area contributed by atoms with Crippen LogP contribution in [0.2, 0.25) is 0 Å². The monoisotopic (exact) mass is 306 g/mol. The molecule has 2 aromatic carbocycles. The van der Waals surface area contributed by atoms with Gasteiger partial charge in [-0.2, -0.15) is 0 Å². The van der Waals surface area contributed by atoms with Gasteiger partial charge in [0.2, 0.25) is 0 Å². The molecule has 2 nitrogen and oxygen atoms in total. The Balaban J connectivity index is 1.61. The van der Waals surface area contributed by atoms with Crippen molar-refractivity contribution in [1.82, 2.24) is 9.80 Å². The molecule has 2 heteroatoms. The van der Waals surface area contributed by atoms with Crippen LogP contribution in [0.5, 0.6) is 0 Å². The molecule has 1 fully saturated rings. The number of aryl methyl sites for hydroxylation is 4. The van der Waals surface area contributed by atoms with E-state index in [0.717, 1.165) is 26.2 Å². The highest BCUT2D eigenvalue weighted by atomic mass is 15.4. The van der Waals surface area contributed by atoms with E-state index >= 15 is 0 Å². The first-order valence-electron chi connectivity index (χ1n) is 8.40. The van der Waals surface area contributed by atoms with Crippen LogP contribution in [-0.4, -0.2) is 22.9 Å². The Hall–Kier alpha value is -1.64. The fraction of sp³-hybridized carbons (Fsp3) is 0.381. The van der Waals surface area contributed by atoms with Crippen molar-refractivity contribution in [1.29, 1.82) is 0 Å². The molecule has 1 heterocycles. The van der Waals surface area contributed by atoms with Crippen LogP contribution in [0.1, 0.15) is 33.4 Å². The van der Waals surface area contributed by atoms with E-state index in [9.17, 15) is 0 Å². The van der Waals surface area contributed by atoms with Gasteiger partial charge in [-0.05, 0) is 49.9 Å². The molecule has 0 aromatic heterocycles. The van der Waals surface area contributed by atoms with E-state index in [1.807, 2.05) is 0 Å². The van der Waals surface area contributed by atoms with Crippen molar-refractivity contribution in [3.05, 3.63) is 76.4 Å². The van der Waals surface area contributed by atoms with Crippen molar-refractivity contribution in [3.63, 3.8) is 0 Å². The lowest BCUT2D eigenvalue weighted by atomic mass is 9.99. The summed E-state index contributed by atoms with van der Waals surface area (Å²) in [6.07, 6.45) is 0. The molecule has 1 aliphatic rings. The first kappa shape index (κ1) is 16.2. The predicted molar refractivity (Wildman–Crippen MR) is 95.9 cm³/mol. The van der Waals surface area contributed by atoms with Crippen LogP contribution in [0, 0.1) is 34.4 Å². The molecule has 120 valence electrons. The molecule has 0 bridgehead atoms. The zero-order valence-corrected chi connectivity index (χ0v) is 14.7. The summed E-state index contributed by atoms with van der Waals surface area (Å²) in [5.41, 5.74) is 8.24. The topological polar surface area (TPSA) is 6.48 Å². The number of benzene rings is 2. The van der Waals surface area contributed by atoms with E-state index in [-0.39, 0.29) is 0 Å². The molecule has 1 saturated heterocycles. The summed E-state index contributed by atoms with van der Waals surface area (Å²) in [6.45, 7) is 16.3. The lowest BCUT2D eigenvalue weighted by Crippen LogP contribution is -2.20. The van der Waals surface area contributed by atoms with Crippen LogP contribution in [-0.2, 0) is 13.1 Å². The van der Waals surface area contributed by atoms with Gasteiger partial charge >= 0.3 is 0 Å². The third-order valence-corrected chi connectivity index (χ3v) is 4.61. The van der Waals surface area contributed by atoms with Gasteiger partial charge in [-0.25, -0.2) is 0 Å². The Morgan fingerprint density at radius 3 is 1.96 bits per heavy atom. The maximum Gasteiger partial charge on any atom is 0.147 e. The van der Waals surface area contributed by atoms with Crippen LogP contribution < -0.4 is 0 Å². The molecule has 3 rings (SSSR count). The standard InChI is InChI=1S/C21H26N2/c1-16-5-7-20(8-6-16)13-22-9-10-23(15-22)14-21-18(3)11-17(2)12-19(21)4/h5-8,11-12H,9-10,13-14H2,1-4H3. The van der Waals surface area contributed by atoms with Crippen molar-refractivity contribution in [2.24, 2.45) is 0 Å². The Labute approximate surface area is 140 Å². The predicted octanol–water partition coefficient (Wildman–Crippen LogP) is 4.23. The summed E-state index contributed by atoms with van der Waals surface area (Å²) < 4.78 is 0. The van der Waals surface area contributed by atoms with Gasteiger partial charge in [0.05, 0.1) is 0 Å². The van der Waals surface area contributed by atoms with E-state index < -0.39 is 0 Å². The molecule has 0 spiro atoms. The van der Waals surface area contributed by atoms with E-state index in [2.05, 4.69) is 80.6 Å². The fourth-order valence-electron chi connectivity index (χ4n) is 3.33. The van der Waals surface area contributed by atoms with Crippen molar-refractivity contribution in [2.45, 2.75) is 40.8 Å². The highest BCUT2D eigenvalue weighted by Gasteiger charge is 2.22. The highest BCUT2D eigenvalue weighted by Crippen LogP contribution is 2.22. The first-order chi connectivity index (χ1) is 11.0. The van der Waals surface area contributed by atoms with Crippen molar-refractivity contribution >= 4 is 0 Å². The smallest absolute Gasteiger partial charge is 0.147 e. The van der Waals surface area contributed by atoms with Gasteiger partial charge < -0.3 is 0 Å². The van der Waals surface area contributed by atoms with Gasteiger partial charge in [0.15, 0.2) is 0 Å². The fourth-order valence-corrected chi connectivity index (χ4v) is 3.33. The Bertz CT molecular complexity index is 650. The molecule has 0 N–H and O–H groups in total. The average molecular weight is 306 g/mol.